The highest BCUT2D eigenvalue weighted by molar-refractivity contribution is 5.51. The lowest BCUT2D eigenvalue weighted by Crippen LogP contribution is -2.40. The summed E-state index contributed by atoms with van der Waals surface area (Å²) in [6.07, 6.45) is -2.50. The predicted octanol–water partition coefficient (Wildman–Crippen LogP) is 3.15. The Bertz CT molecular complexity index is 477. The third kappa shape index (κ3) is 4.00. The Labute approximate surface area is 122 Å². The third-order valence-electron chi connectivity index (χ3n) is 3.50. The van der Waals surface area contributed by atoms with Gasteiger partial charge in [0.1, 0.15) is 11.6 Å². The molecule has 7 heteroatoms. The molecule has 21 heavy (non-hydrogen) atoms. The van der Waals surface area contributed by atoms with Crippen molar-refractivity contribution in [3.63, 3.8) is 0 Å². The fourth-order valence-corrected chi connectivity index (χ4v) is 2.49. The fraction of sp³-hybridized carbons (Fsp3) is 0.643. The summed E-state index contributed by atoms with van der Waals surface area (Å²) >= 11 is 0. The predicted molar refractivity (Wildman–Crippen MR) is 75.6 cm³/mol. The fourth-order valence-electron chi connectivity index (χ4n) is 2.49. The first kappa shape index (κ1) is 15.9. The molecular weight excluding hydrogens is 283 g/mol. The first-order valence-electron chi connectivity index (χ1n) is 7.07. The average Bonchev–Trinajstić information content (AvgIpc) is 2.46. The second-order valence-corrected chi connectivity index (χ2v) is 5.01. The van der Waals surface area contributed by atoms with Gasteiger partial charge in [0, 0.05) is 26.7 Å². The molecule has 2 heterocycles. The van der Waals surface area contributed by atoms with Crippen LogP contribution in [0, 0.1) is 0 Å². The van der Waals surface area contributed by atoms with Crippen LogP contribution in [0.25, 0.3) is 0 Å². The molecule has 2 rings (SSSR count). The Morgan fingerprint density at radius 2 is 2.19 bits per heavy atom. The van der Waals surface area contributed by atoms with E-state index in [4.69, 9.17) is 4.74 Å². The van der Waals surface area contributed by atoms with Crippen molar-refractivity contribution in [2.24, 2.45) is 0 Å². The van der Waals surface area contributed by atoms with Crippen LogP contribution in [-0.2, 0) is 10.9 Å². The largest absolute Gasteiger partial charge is 0.416 e. The first-order valence-corrected chi connectivity index (χ1v) is 7.07. The molecule has 1 atom stereocenters. The molecule has 1 unspecified atom stereocenters. The van der Waals surface area contributed by atoms with Crippen molar-refractivity contribution in [2.45, 2.75) is 32.0 Å². The van der Waals surface area contributed by atoms with Crippen LogP contribution in [-0.4, -0.2) is 37.8 Å². The van der Waals surface area contributed by atoms with Gasteiger partial charge in [-0.3, -0.25) is 0 Å². The minimum Gasteiger partial charge on any atom is -0.377 e. The van der Waals surface area contributed by atoms with Gasteiger partial charge in [-0.1, -0.05) is 0 Å². The monoisotopic (exact) mass is 303 g/mol. The van der Waals surface area contributed by atoms with Gasteiger partial charge in [0.25, 0.3) is 0 Å². The van der Waals surface area contributed by atoms with Gasteiger partial charge in [-0.25, -0.2) is 4.98 Å². The van der Waals surface area contributed by atoms with Crippen molar-refractivity contribution in [1.82, 2.24) is 4.98 Å². The van der Waals surface area contributed by atoms with Crippen LogP contribution in [0.2, 0.25) is 0 Å². The highest BCUT2D eigenvalue weighted by Crippen LogP contribution is 2.33. The lowest BCUT2D eigenvalue weighted by atomic mass is 10.1. The van der Waals surface area contributed by atoms with Gasteiger partial charge in [0.15, 0.2) is 0 Å². The molecular formula is C14H20F3N3O. The molecule has 118 valence electrons. The summed E-state index contributed by atoms with van der Waals surface area (Å²) in [5.41, 5.74) is -0.685. The van der Waals surface area contributed by atoms with E-state index in [2.05, 4.69) is 10.3 Å². The van der Waals surface area contributed by atoms with Crippen LogP contribution < -0.4 is 10.2 Å². The summed E-state index contributed by atoms with van der Waals surface area (Å²) in [7, 11) is 1.56. The van der Waals surface area contributed by atoms with E-state index in [0.29, 0.717) is 25.5 Å². The number of alkyl halides is 3. The van der Waals surface area contributed by atoms with E-state index in [1.165, 1.54) is 0 Å². The average molecular weight is 303 g/mol. The molecule has 0 saturated carbocycles. The molecule has 1 fully saturated rings. The second kappa shape index (κ2) is 6.51. The zero-order valence-electron chi connectivity index (χ0n) is 12.2. The summed E-state index contributed by atoms with van der Waals surface area (Å²) in [5, 5.41) is 2.69. The lowest BCUT2D eigenvalue weighted by molar-refractivity contribution is -0.137. The van der Waals surface area contributed by atoms with Crippen LogP contribution in [0.3, 0.4) is 0 Å². The van der Waals surface area contributed by atoms with E-state index in [-0.39, 0.29) is 11.9 Å². The van der Waals surface area contributed by atoms with Crippen LogP contribution in [0.15, 0.2) is 12.1 Å². The van der Waals surface area contributed by atoms with Crippen molar-refractivity contribution in [1.29, 1.82) is 0 Å². The van der Waals surface area contributed by atoms with Gasteiger partial charge < -0.3 is 15.0 Å². The number of pyridine rings is 1. The van der Waals surface area contributed by atoms with E-state index >= 15 is 0 Å². The van der Waals surface area contributed by atoms with Crippen molar-refractivity contribution in [3.05, 3.63) is 17.7 Å². The molecule has 0 radical (unpaired) electrons. The van der Waals surface area contributed by atoms with Gasteiger partial charge >= 0.3 is 6.18 Å². The van der Waals surface area contributed by atoms with Crippen molar-refractivity contribution in [2.75, 3.05) is 37.0 Å². The molecule has 0 aliphatic carbocycles. The zero-order valence-corrected chi connectivity index (χ0v) is 12.2. The molecule has 4 nitrogen and oxygen atoms in total. The normalized spacial score (nSPS) is 19.7. The summed E-state index contributed by atoms with van der Waals surface area (Å²) in [6.45, 7) is 3.79. The number of hydrogen-bond donors (Lipinski definition) is 1. The van der Waals surface area contributed by atoms with Gasteiger partial charge in [0.2, 0.25) is 0 Å². The first-order chi connectivity index (χ1) is 9.94. The van der Waals surface area contributed by atoms with Crippen molar-refractivity contribution >= 4 is 11.6 Å². The minimum atomic E-state index is -4.38. The molecule has 1 N–H and O–H groups in total. The molecule has 1 saturated heterocycles. The number of nitrogens with zero attached hydrogens (tertiary/aromatic N) is 2. The maximum atomic E-state index is 13.0. The molecule has 1 aromatic rings. The number of aromatic nitrogens is 1. The molecule has 0 spiro atoms. The molecule has 1 aliphatic rings. The lowest BCUT2D eigenvalue weighted by Gasteiger charge is -2.33. The standard InChI is InChI=1S/C14H20F3N3O/c1-3-21-11-5-4-6-20(9-11)13-8-10(14(15,16)17)7-12(18-2)19-13/h7-8,11H,3-6,9H2,1-2H3,(H,18,19). The van der Waals surface area contributed by atoms with Crippen LogP contribution in [0.5, 0.6) is 0 Å². The molecule has 1 aromatic heterocycles. The number of hydrogen-bond acceptors (Lipinski definition) is 4. The van der Waals surface area contributed by atoms with Crippen molar-refractivity contribution < 1.29 is 17.9 Å². The van der Waals surface area contributed by atoms with Crippen molar-refractivity contribution in [3.8, 4) is 0 Å². The topological polar surface area (TPSA) is 37.4 Å². The summed E-state index contributed by atoms with van der Waals surface area (Å²) in [6, 6.07) is 2.13. The van der Waals surface area contributed by atoms with Gasteiger partial charge in [0.05, 0.1) is 11.7 Å². The number of anilines is 2. The Hall–Kier alpha value is -1.50. The molecule has 0 amide bonds. The number of ether oxygens (including phenoxy) is 1. The Morgan fingerprint density at radius 1 is 1.43 bits per heavy atom. The van der Waals surface area contributed by atoms with Gasteiger partial charge in [-0.15, -0.1) is 0 Å². The van der Waals surface area contributed by atoms with Crippen LogP contribution in [0.4, 0.5) is 24.8 Å². The van der Waals surface area contributed by atoms with Crippen LogP contribution in [0.1, 0.15) is 25.3 Å². The summed E-state index contributed by atoms with van der Waals surface area (Å²) < 4.78 is 44.4. The summed E-state index contributed by atoms with van der Waals surface area (Å²) in [5.74, 6) is 0.567. The second-order valence-electron chi connectivity index (χ2n) is 5.01. The zero-order chi connectivity index (χ0) is 15.5. The third-order valence-corrected chi connectivity index (χ3v) is 3.50. The number of piperidine rings is 1. The number of nitrogens with one attached hydrogen (secondary N) is 1. The Kier molecular flexibility index (Phi) is 4.92. The molecule has 0 bridgehead atoms. The van der Waals surface area contributed by atoms with Crippen LogP contribution >= 0.6 is 0 Å². The maximum absolute atomic E-state index is 13.0. The Balaban J connectivity index is 2.25. The van der Waals surface area contributed by atoms with E-state index in [1.807, 2.05) is 11.8 Å². The minimum absolute atomic E-state index is 0.0538. The summed E-state index contributed by atoms with van der Waals surface area (Å²) in [4.78, 5) is 6.10. The maximum Gasteiger partial charge on any atom is 0.416 e. The highest BCUT2D eigenvalue weighted by atomic mass is 19.4. The number of rotatable bonds is 4. The van der Waals surface area contributed by atoms with Gasteiger partial charge in [-0.05, 0) is 31.9 Å². The Morgan fingerprint density at radius 3 is 2.81 bits per heavy atom. The quantitative estimate of drug-likeness (QED) is 0.927. The van der Waals surface area contributed by atoms with E-state index in [1.54, 1.807) is 7.05 Å². The highest BCUT2D eigenvalue weighted by Gasteiger charge is 2.32. The van der Waals surface area contributed by atoms with E-state index in [9.17, 15) is 13.2 Å². The molecule has 1 aliphatic heterocycles. The smallest absolute Gasteiger partial charge is 0.377 e. The molecule has 0 aromatic carbocycles. The van der Waals surface area contributed by atoms with E-state index in [0.717, 1.165) is 25.0 Å². The van der Waals surface area contributed by atoms with Gasteiger partial charge in [-0.2, -0.15) is 13.2 Å². The SMILES string of the molecule is CCOC1CCCN(c2cc(C(F)(F)F)cc(NC)n2)C1. The number of halogens is 3. The van der Waals surface area contributed by atoms with E-state index < -0.39 is 11.7 Å².